The largest absolute Gasteiger partial charge is 0.387 e. The van der Waals surface area contributed by atoms with Crippen LogP contribution < -0.4 is 4.90 Å². The van der Waals surface area contributed by atoms with Crippen LogP contribution in [-0.4, -0.2) is 52.5 Å². The van der Waals surface area contributed by atoms with Gasteiger partial charge in [-0.25, -0.2) is 0 Å². The van der Waals surface area contributed by atoms with Gasteiger partial charge in [0.25, 0.3) is 0 Å². The standard InChI is InChI=1S/C16H22N4O/c1-18-12-15(11-17-18)20-9-7-19(8-10-20)13-16(21)14-5-3-2-4-6-14/h2-6,11-12,16,21H,7-10,13H2,1H3. The Hall–Kier alpha value is -1.85. The van der Waals surface area contributed by atoms with Crippen molar-refractivity contribution in [3.05, 3.63) is 48.3 Å². The average Bonchev–Trinajstić information content (AvgIpc) is 2.95. The highest BCUT2D eigenvalue weighted by Gasteiger charge is 2.20. The van der Waals surface area contributed by atoms with Crippen molar-refractivity contribution in [2.75, 3.05) is 37.6 Å². The minimum Gasteiger partial charge on any atom is -0.387 e. The molecule has 112 valence electrons. The van der Waals surface area contributed by atoms with Crippen molar-refractivity contribution < 1.29 is 5.11 Å². The van der Waals surface area contributed by atoms with Gasteiger partial charge >= 0.3 is 0 Å². The first kappa shape index (κ1) is 14.1. The molecule has 1 aromatic heterocycles. The Morgan fingerprint density at radius 3 is 2.48 bits per heavy atom. The van der Waals surface area contributed by atoms with Crippen molar-refractivity contribution in [2.45, 2.75) is 6.10 Å². The van der Waals surface area contributed by atoms with Gasteiger partial charge in [-0.15, -0.1) is 0 Å². The zero-order valence-corrected chi connectivity index (χ0v) is 12.4. The van der Waals surface area contributed by atoms with E-state index in [1.165, 1.54) is 5.69 Å². The van der Waals surface area contributed by atoms with Crippen molar-refractivity contribution in [2.24, 2.45) is 7.05 Å². The summed E-state index contributed by atoms with van der Waals surface area (Å²) in [6.07, 6.45) is 3.55. The Balaban J connectivity index is 1.52. The van der Waals surface area contributed by atoms with Gasteiger partial charge in [-0.05, 0) is 5.56 Å². The van der Waals surface area contributed by atoms with Crippen LogP contribution in [0.1, 0.15) is 11.7 Å². The van der Waals surface area contributed by atoms with Crippen LogP contribution in [0.3, 0.4) is 0 Å². The van der Waals surface area contributed by atoms with Gasteiger partial charge in [-0.2, -0.15) is 5.10 Å². The summed E-state index contributed by atoms with van der Waals surface area (Å²) in [7, 11) is 1.94. The van der Waals surface area contributed by atoms with E-state index >= 15 is 0 Å². The number of hydrogen-bond donors (Lipinski definition) is 1. The van der Waals surface area contributed by atoms with E-state index in [0.717, 1.165) is 31.7 Å². The highest BCUT2D eigenvalue weighted by atomic mass is 16.3. The number of piperazine rings is 1. The summed E-state index contributed by atoms with van der Waals surface area (Å²) in [5, 5.41) is 14.5. The van der Waals surface area contributed by atoms with Crippen molar-refractivity contribution in [3.8, 4) is 0 Å². The highest BCUT2D eigenvalue weighted by molar-refractivity contribution is 5.42. The first-order valence-corrected chi connectivity index (χ1v) is 7.41. The first-order chi connectivity index (χ1) is 10.2. The van der Waals surface area contributed by atoms with Crippen LogP contribution in [0.2, 0.25) is 0 Å². The Morgan fingerprint density at radius 1 is 1.14 bits per heavy atom. The van der Waals surface area contributed by atoms with Gasteiger partial charge in [-0.1, -0.05) is 30.3 Å². The third-order valence-electron chi connectivity index (χ3n) is 4.04. The Kier molecular flexibility index (Phi) is 4.22. The van der Waals surface area contributed by atoms with Gasteiger partial charge in [0.15, 0.2) is 0 Å². The predicted octanol–water partition coefficient (Wildman–Crippen LogP) is 1.28. The van der Waals surface area contributed by atoms with Gasteiger partial charge < -0.3 is 10.0 Å². The van der Waals surface area contributed by atoms with Gasteiger partial charge in [0, 0.05) is 46.0 Å². The molecule has 21 heavy (non-hydrogen) atoms. The van der Waals surface area contributed by atoms with E-state index in [4.69, 9.17) is 0 Å². The number of benzene rings is 1. The lowest BCUT2D eigenvalue weighted by atomic mass is 10.1. The maximum atomic E-state index is 10.3. The second kappa shape index (κ2) is 6.28. The molecule has 1 aliphatic rings. The van der Waals surface area contributed by atoms with Crippen molar-refractivity contribution in [3.63, 3.8) is 0 Å². The molecule has 0 saturated carbocycles. The van der Waals surface area contributed by atoms with Gasteiger partial charge in [0.2, 0.25) is 0 Å². The molecule has 5 nitrogen and oxygen atoms in total. The van der Waals surface area contributed by atoms with E-state index in [0.29, 0.717) is 6.54 Å². The molecule has 0 amide bonds. The number of rotatable bonds is 4. The molecule has 1 atom stereocenters. The van der Waals surface area contributed by atoms with Crippen LogP contribution >= 0.6 is 0 Å². The summed E-state index contributed by atoms with van der Waals surface area (Å²) in [5.74, 6) is 0. The minimum absolute atomic E-state index is 0.406. The molecule has 0 spiro atoms. The summed E-state index contributed by atoms with van der Waals surface area (Å²) >= 11 is 0. The Bertz CT molecular complexity index is 561. The van der Waals surface area contributed by atoms with Crippen molar-refractivity contribution >= 4 is 5.69 Å². The lowest BCUT2D eigenvalue weighted by molar-refractivity contribution is 0.109. The number of aromatic nitrogens is 2. The molecule has 0 aliphatic carbocycles. The van der Waals surface area contributed by atoms with Crippen LogP contribution in [0.5, 0.6) is 0 Å². The van der Waals surface area contributed by atoms with E-state index < -0.39 is 6.10 Å². The SMILES string of the molecule is Cn1cc(N2CCN(CC(O)c3ccccc3)CC2)cn1. The monoisotopic (exact) mass is 286 g/mol. The maximum absolute atomic E-state index is 10.3. The summed E-state index contributed by atoms with van der Waals surface area (Å²) in [6, 6.07) is 9.88. The van der Waals surface area contributed by atoms with Gasteiger partial charge in [0.05, 0.1) is 18.0 Å². The molecular weight excluding hydrogens is 264 g/mol. The summed E-state index contributed by atoms with van der Waals surface area (Å²) in [6.45, 7) is 4.60. The second-order valence-electron chi connectivity index (χ2n) is 5.59. The number of anilines is 1. The molecule has 0 radical (unpaired) electrons. The zero-order valence-electron chi connectivity index (χ0n) is 12.4. The molecule has 0 bridgehead atoms. The molecule has 2 aromatic rings. The Morgan fingerprint density at radius 2 is 1.86 bits per heavy atom. The van der Waals surface area contributed by atoms with Crippen LogP contribution in [0.25, 0.3) is 0 Å². The van der Waals surface area contributed by atoms with Crippen molar-refractivity contribution in [1.29, 1.82) is 0 Å². The van der Waals surface area contributed by atoms with Crippen molar-refractivity contribution in [1.82, 2.24) is 14.7 Å². The molecule has 1 aliphatic heterocycles. The lowest BCUT2D eigenvalue weighted by Crippen LogP contribution is -2.47. The molecule has 1 fully saturated rings. The van der Waals surface area contributed by atoms with Crippen LogP contribution in [0.15, 0.2) is 42.7 Å². The van der Waals surface area contributed by atoms with E-state index in [9.17, 15) is 5.11 Å². The quantitative estimate of drug-likeness (QED) is 0.919. The number of nitrogens with zero attached hydrogens (tertiary/aromatic N) is 4. The maximum Gasteiger partial charge on any atom is 0.0916 e. The first-order valence-electron chi connectivity index (χ1n) is 7.41. The molecule has 2 heterocycles. The minimum atomic E-state index is -0.406. The van der Waals surface area contributed by atoms with E-state index in [2.05, 4.69) is 21.1 Å². The van der Waals surface area contributed by atoms with Crippen LogP contribution in [-0.2, 0) is 7.05 Å². The normalized spacial score (nSPS) is 17.9. The second-order valence-corrected chi connectivity index (χ2v) is 5.59. The molecule has 3 rings (SSSR count). The zero-order chi connectivity index (χ0) is 14.7. The van der Waals surface area contributed by atoms with Gasteiger partial charge in [-0.3, -0.25) is 9.58 Å². The molecule has 1 saturated heterocycles. The number of β-amino-alcohol motifs (C(OH)–C–C–N with tert-alkyl or cyclic N) is 1. The van der Waals surface area contributed by atoms with E-state index in [1.807, 2.05) is 48.3 Å². The third-order valence-corrected chi connectivity index (χ3v) is 4.04. The Labute approximate surface area is 125 Å². The van der Waals surface area contributed by atoms with Crippen LogP contribution in [0.4, 0.5) is 5.69 Å². The summed E-state index contributed by atoms with van der Waals surface area (Å²) in [4.78, 5) is 4.67. The smallest absolute Gasteiger partial charge is 0.0916 e. The fourth-order valence-corrected chi connectivity index (χ4v) is 2.79. The fourth-order valence-electron chi connectivity index (χ4n) is 2.79. The summed E-state index contributed by atoms with van der Waals surface area (Å²) in [5.41, 5.74) is 2.17. The highest BCUT2D eigenvalue weighted by Crippen LogP contribution is 2.18. The van der Waals surface area contributed by atoms with E-state index in [-0.39, 0.29) is 0 Å². The predicted molar refractivity (Wildman–Crippen MR) is 83.3 cm³/mol. The molecule has 1 aromatic carbocycles. The fraction of sp³-hybridized carbons (Fsp3) is 0.438. The summed E-state index contributed by atoms with van der Waals surface area (Å²) < 4.78 is 1.83. The molecule has 1 unspecified atom stereocenters. The number of hydrogen-bond acceptors (Lipinski definition) is 4. The van der Waals surface area contributed by atoms with E-state index in [1.54, 1.807) is 0 Å². The number of aliphatic hydroxyl groups is 1. The third kappa shape index (κ3) is 3.43. The molecular formula is C16H22N4O. The number of aliphatic hydroxyl groups excluding tert-OH is 1. The average molecular weight is 286 g/mol. The molecule has 5 heteroatoms. The number of aryl methyl sites for hydroxylation is 1. The van der Waals surface area contributed by atoms with Gasteiger partial charge in [0.1, 0.15) is 0 Å². The molecule has 1 N–H and O–H groups in total. The van der Waals surface area contributed by atoms with Crippen LogP contribution in [0, 0.1) is 0 Å². The lowest BCUT2D eigenvalue weighted by Gasteiger charge is -2.36. The topological polar surface area (TPSA) is 44.5 Å².